The van der Waals surface area contributed by atoms with Gasteiger partial charge in [0.2, 0.25) is 0 Å². The molecule has 16 heavy (non-hydrogen) atoms. The van der Waals surface area contributed by atoms with Crippen LogP contribution in [0.2, 0.25) is 0 Å². The van der Waals surface area contributed by atoms with Crippen molar-refractivity contribution in [3.05, 3.63) is 29.8 Å². The Hall–Kier alpha value is -0.220. The first kappa shape index (κ1) is 12.2. The summed E-state index contributed by atoms with van der Waals surface area (Å²) in [4.78, 5) is 1.06. The molecule has 0 saturated carbocycles. The topological polar surface area (TPSA) is 29.5 Å². The fourth-order valence-electron chi connectivity index (χ4n) is 1.70. The van der Waals surface area contributed by atoms with Crippen LogP contribution in [0.3, 0.4) is 0 Å². The van der Waals surface area contributed by atoms with Gasteiger partial charge in [-0.15, -0.1) is 11.6 Å². The molecule has 0 radical (unpaired) electrons. The molecule has 1 heterocycles. The van der Waals surface area contributed by atoms with Gasteiger partial charge >= 0.3 is 0 Å². The molecule has 0 fully saturated rings. The van der Waals surface area contributed by atoms with Gasteiger partial charge in [-0.1, -0.05) is 36.9 Å². The van der Waals surface area contributed by atoms with Crippen LogP contribution in [-0.2, 0) is 4.74 Å². The minimum atomic E-state index is -0.638. The second-order valence-electron chi connectivity index (χ2n) is 3.78. The van der Waals surface area contributed by atoms with Crippen molar-refractivity contribution >= 4 is 23.4 Å². The smallest absolute Gasteiger partial charge is 0.126 e. The predicted octanol–water partition coefficient (Wildman–Crippen LogP) is 3.19. The van der Waals surface area contributed by atoms with Crippen molar-refractivity contribution < 1.29 is 9.84 Å². The maximum atomic E-state index is 10.1. The molecule has 1 aliphatic rings. The minimum Gasteiger partial charge on any atom is -0.387 e. The highest BCUT2D eigenvalue weighted by molar-refractivity contribution is 8.00. The van der Waals surface area contributed by atoms with E-state index in [-0.39, 0.29) is 10.8 Å². The van der Waals surface area contributed by atoms with Gasteiger partial charge in [0.25, 0.3) is 0 Å². The molecule has 0 aliphatic carbocycles. The number of thioether (sulfide) groups is 1. The van der Waals surface area contributed by atoms with Gasteiger partial charge in [0.15, 0.2) is 0 Å². The van der Waals surface area contributed by atoms with Gasteiger partial charge in [-0.2, -0.15) is 0 Å². The number of ether oxygens (including phenoxy) is 1. The lowest BCUT2D eigenvalue weighted by molar-refractivity contribution is 0.0621. The molecule has 0 amide bonds. The Kier molecular flexibility index (Phi) is 4.14. The number of hydrogen-bond donors (Lipinski definition) is 1. The number of benzene rings is 1. The van der Waals surface area contributed by atoms with Gasteiger partial charge < -0.3 is 9.84 Å². The van der Waals surface area contributed by atoms with Crippen LogP contribution < -0.4 is 0 Å². The molecule has 1 aromatic rings. The summed E-state index contributed by atoms with van der Waals surface area (Å²) in [6, 6.07) is 7.79. The Morgan fingerprint density at radius 1 is 1.44 bits per heavy atom. The van der Waals surface area contributed by atoms with Crippen LogP contribution >= 0.6 is 23.4 Å². The third-order valence-electron chi connectivity index (χ3n) is 2.53. The van der Waals surface area contributed by atoms with Crippen molar-refractivity contribution in [3.63, 3.8) is 0 Å². The van der Waals surface area contributed by atoms with E-state index in [0.717, 1.165) is 16.9 Å². The molecular weight excluding hydrogens is 244 g/mol. The Balaban J connectivity index is 2.18. The summed E-state index contributed by atoms with van der Waals surface area (Å²) in [5.41, 5.74) is 0.746. The van der Waals surface area contributed by atoms with Gasteiger partial charge in [-0.3, -0.25) is 0 Å². The standard InChI is InChI=1S/C12H15ClO2S/c1-2-7-15-12-10(13)11(14)8-5-3-4-6-9(8)16-12/h3-6,10-12,14H,2,7H2,1H3. The quantitative estimate of drug-likeness (QED) is 0.845. The normalized spacial score (nSPS) is 28.8. The van der Waals surface area contributed by atoms with E-state index in [0.29, 0.717) is 6.61 Å². The molecule has 88 valence electrons. The summed E-state index contributed by atoms with van der Waals surface area (Å²) in [5, 5.41) is 9.69. The maximum Gasteiger partial charge on any atom is 0.126 e. The highest BCUT2D eigenvalue weighted by Gasteiger charge is 2.35. The summed E-state index contributed by atoms with van der Waals surface area (Å²) in [7, 11) is 0. The largest absolute Gasteiger partial charge is 0.387 e. The third-order valence-corrected chi connectivity index (χ3v) is 4.43. The fraction of sp³-hybridized carbons (Fsp3) is 0.500. The first-order chi connectivity index (χ1) is 7.74. The summed E-state index contributed by atoms with van der Waals surface area (Å²) >= 11 is 7.80. The Morgan fingerprint density at radius 3 is 2.94 bits per heavy atom. The number of alkyl halides is 1. The van der Waals surface area contributed by atoms with Gasteiger partial charge in [-0.25, -0.2) is 0 Å². The van der Waals surface area contributed by atoms with Crippen LogP contribution in [0.4, 0.5) is 0 Å². The van der Waals surface area contributed by atoms with Crippen LogP contribution in [0, 0.1) is 0 Å². The van der Waals surface area contributed by atoms with Crippen LogP contribution in [0.5, 0.6) is 0 Å². The first-order valence-corrected chi connectivity index (χ1v) is 6.75. The molecule has 1 aliphatic heterocycles. The van der Waals surface area contributed by atoms with E-state index >= 15 is 0 Å². The summed E-state index contributed by atoms with van der Waals surface area (Å²) in [5.74, 6) is 0. The van der Waals surface area contributed by atoms with Gasteiger partial charge in [0.1, 0.15) is 5.44 Å². The van der Waals surface area contributed by atoms with Crippen molar-refractivity contribution in [2.45, 2.75) is 35.2 Å². The highest BCUT2D eigenvalue weighted by atomic mass is 35.5. The molecule has 0 saturated heterocycles. The summed E-state index contributed by atoms with van der Waals surface area (Å²) in [6.07, 6.45) is 0.319. The molecule has 4 heteroatoms. The van der Waals surface area contributed by atoms with E-state index in [1.165, 1.54) is 0 Å². The monoisotopic (exact) mass is 258 g/mol. The number of rotatable bonds is 3. The zero-order chi connectivity index (χ0) is 11.5. The zero-order valence-corrected chi connectivity index (χ0v) is 10.7. The highest BCUT2D eigenvalue weighted by Crippen LogP contribution is 2.43. The molecule has 0 bridgehead atoms. The Bertz CT molecular complexity index is 359. The molecule has 0 aromatic heterocycles. The Morgan fingerprint density at radius 2 is 2.19 bits per heavy atom. The lowest BCUT2D eigenvalue weighted by Crippen LogP contribution is -2.31. The van der Waals surface area contributed by atoms with Crippen molar-refractivity contribution in [1.29, 1.82) is 0 Å². The van der Waals surface area contributed by atoms with Crippen molar-refractivity contribution in [2.24, 2.45) is 0 Å². The van der Waals surface area contributed by atoms with Crippen molar-refractivity contribution in [2.75, 3.05) is 6.61 Å². The molecule has 3 atom stereocenters. The van der Waals surface area contributed by atoms with E-state index in [1.54, 1.807) is 11.8 Å². The molecule has 3 unspecified atom stereocenters. The molecule has 1 N–H and O–H groups in total. The molecule has 0 spiro atoms. The second kappa shape index (κ2) is 5.41. The second-order valence-corrected chi connectivity index (χ2v) is 5.43. The number of aliphatic hydroxyl groups is 1. The lowest BCUT2D eigenvalue weighted by Gasteiger charge is -2.32. The summed E-state index contributed by atoms with van der Waals surface area (Å²) in [6.45, 7) is 2.73. The first-order valence-electron chi connectivity index (χ1n) is 5.43. The van der Waals surface area contributed by atoms with Crippen molar-refractivity contribution in [1.82, 2.24) is 0 Å². The average molecular weight is 259 g/mol. The number of halogens is 1. The Labute approximate surface area is 105 Å². The fourth-order valence-corrected chi connectivity index (χ4v) is 3.24. The zero-order valence-electron chi connectivity index (χ0n) is 9.10. The van der Waals surface area contributed by atoms with Crippen LogP contribution in [-0.4, -0.2) is 22.5 Å². The van der Waals surface area contributed by atoms with Gasteiger partial charge in [0.05, 0.1) is 11.5 Å². The van der Waals surface area contributed by atoms with E-state index in [1.807, 2.05) is 24.3 Å². The van der Waals surface area contributed by atoms with Gasteiger partial charge in [-0.05, 0) is 18.1 Å². The van der Waals surface area contributed by atoms with E-state index in [9.17, 15) is 5.11 Å². The van der Waals surface area contributed by atoms with Crippen LogP contribution in [0.15, 0.2) is 29.2 Å². The molecular formula is C12H15ClO2S. The van der Waals surface area contributed by atoms with E-state index < -0.39 is 6.10 Å². The average Bonchev–Trinajstić information content (AvgIpc) is 2.32. The van der Waals surface area contributed by atoms with Crippen LogP contribution in [0.1, 0.15) is 25.0 Å². The number of aliphatic hydroxyl groups excluding tert-OH is 1. The SMILES string of the molecule is CCCOC1Sc2ccccc2C(O)C1Cl. The minimum absolute atomic E-state index is 0.161. The van der Waals surface area contributed by atoms with Gasteiger partial charge in [0, 0.05) is 11.5 Å². The lowest BCUT2D eigenvalue weighted by atomic mass is 10.1. The predicted molar refractivity (Wildman–Crippen MR) is 66.9 cm³/mol. The number of hydrogen-bond acceptors (Lipinski definition) is 3. The molecule has 2 nitrogen and oxygen atoms in total. The number of fused-ring (bicyclic) bond motifs is 1. The molecule has 2 rings (SSSR count). The van der Waals surface area contributed by atoms with Crippen LogP contribution in [0.25, 0.3) is 0 Å². The summed E-state index contributed by atoms with van der Waals surface area (Å²) < 4.78 is 5.64. The van der Waals surface area contributed by atoms with E-state index in [4.69, 9.17) is 16.3 Å². The maximum absolute atomic E-state index is 10.1. The van der Waals surface area contributed by atoms with Crippen molar-refractivity contribution in [3.8, 4) is 0 Å². The molecule has 1 aromatic carbocycles. The van der Waals surface area contributed by atoms with E-state index in [2.05, 4.69) is 6.92 Å². The third kappa shape index (κ3) is 2.38.